The molecule has 1 atom stereocenters. The number of para-hydroxylation sites is 1. The molecule has 0 fully saturated rings. The molecule has 0 spiro atoms. The zero-order valence-electron chi connectivity index (χ0n) is 10.9. The van der Waals surface area contributed by atoms with Gasteiger partial charge in [0.25, 0.3) is 0 Å². The molecular weight excluding hydrogens is 228 g/mol. The lowest BCUT2D eigenvalue weighted by Crippen LogP contribution is -2.28. The van der Waals surface area contributed by atoms with E-state index >= 15 is 0 Å². The second-order valence-electron chi connectivity index (χ2n) is 4.74. The van der Waals surface area contributed by atoms with Crippen LogP contribution in [0.1, 0.15) is 24.8 Å². The van der Waals surface area contributed by atoms with E-state index in [1.165, 1.54) is 0 Å². The van der Waals surface area contributed by atoms with Crippen molar-refractivity contribution in [3.63, 3.8) is 0 Å². The van der Waals surface area contributed by atoms with E-state index in [-0.39, 0.29) is 5.92 Å². The van der Waals surface area contributed by atoms with Crippen molar-refractivity contribution in [3.8, 4) is 5.75 Å². The average Bonchev–Trinajstić information content (AvgIpc) is 2.43. The molecule has 0 saturated heterocycles. The number of ether oxygens (including phenoxy) is 2. The van der Waals surface area contributed by atoms with E-state index in [0.717, 1.165) is 37.2 Å². The number of methoxy groups -OCH3 is 1. The van der Waals surface area contributed by atoms with E-state index in [2.05, 4.69) is 0 Å². The number of unbranched alkanes of at least 4 members (excludes halogenated alkanes) is 1. The molecule has 2 rings (SSSR count). The third-order valence-corrected chi connectivity index (χ3v) is 3.36. The smallest absolute Gasteiger partial charge is 0.139 e. The summed E-state index contributed by atoms with van der Waals surface area (Å²) in [5, 5.41) is 0. The Kier molecular flexibility index (Phi) is 4.76. The van der Waals surface area contributed by atoms with Crippen molar-refractivity contribution in [2.75, 3.05) is 20.3 Å². The Morgan fingerprint density at radius 3 is 3.06 bits per heavy atom. The average molecular weight is 248 g/mol. The van der Waals surface area contributed by atoms with Crippen molar-refractivity contribution in [2.24, 2.45) is 5.92 Å². The van der Waals surface area contributed by atoms with Crippen LogP contribution in [0.2, 0.25) is 0 Å². The number of rotatable bonds is 6. The van der Waals surface area contributed by atoms with Gasteiger partial charge in [-0.15, -0.1) is 0 Å². The summed E-state index contributed by atoms with van der Waals surface area (Å²) in [6.07, 6.45) is 3.32. The first-order valence-electron chi connectivity index (χ1n) is 6.53. The SMILES string of the molecule is COCCCCC(=O)C1COc2ccccc2C1. The molecule has 1 heterocycles. The van der Waals surface area contributed by atoms with Crippen LogP contribution < -0.4 is 4.74 Å². The quantitative estimate of drug-likeness (QED) is 0.726. The van der Waals surface area contributed by atoms with E-state index in [1.54, 1.807) is 7.11 Å². The third-order valence-electron chi connectivity index (χ3n) is 3.36. The van der Waals surface area contributed by atoms with Gasteiger partial charge in [0, 0.05) is 20.1 Å². The highest BCUT2D eigenvalue weighted by molar-refractivity contribution is 5.81. The molecule has 18 heavy (non-hydrogen) atoms. The number of hydrogen-bond donors (Lipinski definition) is 0. The largest absolute Gasteiger partial charge is 0.493 e. The topological polar surface area (TPSA) is 35.5 Å². The van der Waals surface area contributed by atoms with Crippen LogP contribution in [0, 0.1) is 5.92 Å². The molecule has 0 N–H and O–H groups in total. The summed E-state index contributed by atoms with van der Waals surface area (Å²) in [4.78, 5) is 12.1. The number of ketones is 1. The molecule has 0 radical (unpaired) electrons. The van der Waals surface area contributed by atoms with Gasteiger partial charge in [-0.25, -0.2) is 0 Å². The van der Waals surface area contributed by atoms with Gasteiger partial charge in [-0.1, -0.05) is 18.2 Å². The van der Waals surface area contributed by atoms with Gasteiger partial charge in [0.2, 0.25) is 0 Å². The molecule has 1 aliphatic heterocycles. The summed E-state index contributed by atoms with van der Waals surface area (Å²) in [7, 11) is 1.69. The monoisotopic (exact) mass is 248 g/mol. The molecular formula is C15H20O3. The number of hydrogen-bond acceptors (Lipinski definition) is 3. The molecule has 0 amide bonds. The van der Waals surface area contributed by atoms with Crippen LogP contribution in [0.25, 0.3) is 0 Å². The number of Topliss-reactive ketones (excluding diaryl/α,β-unsaturated/α-hetero) is 1. The first-order chi connectivity index (χ1) is 8.81. The number of benzene rings is 1. The standard InChI is InChI=1S/C15H20O3/c1-17-9-5-4-7-14(16)13-10-12-6-2-3-8-15(12)18-11-13/h2-3,6,8,13H,4-5,7,9-11H2,1H3. The van der Waals surface area contributed by atoms with Gasteiger partial charge < -0.3 is 9.47 Å². The molecule has 1 aromatic rings. The molecule has 0 bridgehead atoms. The molecule has 3 heteroatoms. The van der Waals surface area contributed by atoms with E-state index in [9.17, 15) is 4.79 Å². The van der Waals surface area contributed by atoms with Crippen molar-refractivity contribution in [3.05, 3.63) is 29.8 Å². The summed E-state index contributed by atoms with van der Waals surface area (Å²) in [5.41, 5.74) is 1.15. The Morgan fingerprint density at radius 2 is 2.22 bits per heavy atom. The van der Waals surface area contributed by atoms with Gasteiger partial charge in [-0.2, -0.15) is 0 Å². The summed E-state index contributed by atoms with van der Waals surface area (Å²) < 4.78 is 10.6. The molecule has 98 valence electrons. The fourth-order valence-corrected chi connectivity index (χ4v) is 2.28. The Hall–Kier alpha value is -1.35. The maximum absolute atomic E-state index is 12.1. The van der Waals surface area contributed by atoms with Gasteiger partial charge >= 0.3 is 0 Å². The van der Waals surface area contributed by atoms with Crippen molar-refractivity contribution in [2.45, 2.75) is 25.7 Å². The molecule has 0 aliphatic carbocycles. The fourth-order valence-electron chi connectivity index (χ4n) is 2.28. The minimum Gasteiger partial charge on any atom is -0.493 e. The van der Waals surface area contributed by atoms with Crippen LogP contribution in [0.4, 0.5) is 0 Å². The summed E-state index contributed by atoms with van der Waals surface area (Å²) in [6.45, 7) is 1.26. The van der Waals surface area contributed by atoms with Gasteiger partial charge in [0.1, 0.15) is 11.5 Å². The van der Waals surface area contributed by atoms with E-state index in [0.29, 0.717) is 18.8 Å². The fraction of sp³-hybridized carbons (Fsp3) is 0.533. The lowest BCUT2D eigenvalue weighted by molar-refractivity contribution is -0.124. The van der Waals surface area contributed by atoms with Crippen LogP contribution in [0.3, 0.4) is 0 Å². The molecule has 0 aromatic heterocycles. The van der Waals surface area contributed by atoms with Crippen LogP contribution in [-0.4, -0.2) is 26.1 Å². The maximum Gasteiger partial charge on any atom is 0.139 e. The summed E-state index contributed by atoms with van der Waals surface area (Å²) in [5.74, 6) is 1.28. The molecule has 1 aliphatic rings. The number of carbonyl (C=O) groups is 1. The molecule has 3 nitrogen and oxygen atoms in total. The Morgan fingerprint density at radius 1 is 1.39 bits per heavy atom. The first-order valence-corrected chi connectivity index (χ1v) is 6.53. The van der Waals surface area contributed by atoms with Gasteiger partial charge in [0.05, 0.1) is 12.5 Å². The minimum absolute atomic E-state index is 0.0300. The zero-order valence-corrected chi connectivity index (χ0v) is 10.9. The van der Waals surface area contributed by atoms with E-state index < -0.39 is 0 Å². The number of carbonyl (C=O) groups excluding carboxylic acids is 1. The third kappa shape index (κ3) is 3.33. The second kappa shape index (κ2) is 6.55. The molecule has 1 unspecified atom stereocenters. The normalized spacial score (nSPS) is 17.9. The van der Waals surface area contributed by atoms with Crippen molar-refractivity contribution in [1.82, 2.24) is 0 Å². The highest BCUT2D eigenvalue weighted by Gasteiger charge is 2.24. The highest BCUT2D eigenvalue weighted by atomic mass is 16.5. The highest BCUT2D eigenvalue weighted by Crippen LogP contribution is 2.27. The van der Waals surface area contributed by atoms with Gasteiger partial charge in [-0.3, -0.25) is 4.79 Å². The predicted octanol–water partition coefficient (Wildman–Crippen LogP) is 2.62. The van der Waals surface area contributed by atoms with Crippen LogP contribution >= 0.6 is 0 Å². The Bertz CT molecular complexity index is 400. The Balaban J connectivity index is 1.83. The lowest BCUT2D eigenvalue weighted by atomic mass is 9.91. The van der Waals surface area contributed by atoms with Crippen molar-refractivity contribution in [1.29, 1.82) is 0 Å². The van der Waals surface area contributed by atoms with E-state index in [1.807, 2.05) is 24.3 Å². The molecule has 0 saturated carbocycles. The maximum atomic E-state index is 12.1. The van der Waals surface area contributed by atoms with Crippen molar-refractivity contribution >= 4 is 5.78 Å². The second-order valence-corrected chi connectivity index (χ2v) is 4.74. The lowest BCUT2D eigenvalue weighted by Gasteiger charge is -2.24. The zero-order chi connectivity index (χ0) is 12.8. The van der Waals surface area contributed by atoms with Gasteiger partial charge in [0.15, 0.2) is 0 Å². The summed E-state index contributed by atoms with van der Waals surface area (Å²) in [6, 6.07) is 7.97. The minimum atomic E-state index is 0.0300. The van der Waals surface area contributed by atoms with Crippen LogP contribution in [0.5, 0.6) is 5.75 Å². The molecule has 1 aromatic carbocycles. The number of fused-ring (bicyclic) bond motifs is 1. The van der Waals surface area contributed by atoms with Gasteiger partial charge in [-0.05, 0) is 30.9 Å². The van der Waals surface area contributed by atoms with Crippen molar-refractivity contribution < 1.29 is 14.3 Å². The van der Waals surface area contributed by atoms with Crippen LogP contribution in [-0.2, 0) is 16.0 Å². The summed E-state index contributed by atoms with van der Waals surface area (Å²) >= 11 is 0. The van der Waals surface area contributed by atoms with E-state index in [4.69, 9.17) is 9.47 Å². The Labute approximate surface area is 108 Å². The first kappa shape index (κ1) is 13.1. The predicted molar refractivity (Wildman–Crippen MR) is 69.9 cm³/mol. The van der Waals surface area contributed by atoms with Crippen LogP contribution in [0.15, 0.2) is 24.3 Å².